The molecule has 0 spiro atoms. The van der Waals surface area contributed by atoms with E-state index in [0.717, 1.165) is 22.8 Å². The lowest BCUT2D eigenvalue weighted by Crippen LogP contribution is -2.25. The molecule has 0 aliphatic carbocycles. The monoisotopic (exact) mass is 418 g/mol. The quantitative estimate of drug-likeness (QED) is 0.412. The second kappa shape index (κ2) is 9.47. The highest BCUT2D eigenvalue weighted by molar-refractivity contribution is 7.99. The zero-order chi connectivity index (χ0) is 20.7. The molecule has 0 fully saturated rings. The Morgan fingerprint density at radius 2 is 1.72 bits per heavy atom. The maximum absolute atomic E-state index is 12.5. The molecule has 0 aliphatic heterocycles. The predicted octanol–water partition coefficient (Wildman–Crippen LogP) is 5.41. The number of pyridine rings is 1. The van der Waals surface area contributed by atoms with Gasteiger partial charge in [0, 0.05) is 35.0 Å². The van der Waals surface area contributed by atoms with Gasteiger partial charge in [0.15, 0.2) is 0 Å². The van der Waals surface area contributed by atoms with E-state index in [2.05, 4.69) is 10.3 Å². The van der Waals surface area contributed by atoms with Crippen molar-refractivity contribution in [1.82, 2.24) is 10.3 Å². The summed E-state index contributed by atoms with van der Waals surface area (Å²) in [5.41, 5.74) is -0.385. The lowest BCUT2D eigenvalue weighted by Gasteiger charge is -2.09. The van der Waals surface area contributed by atoms with Crippen molar-refractivity contribution in [3.05, 3.63) is 84.1 Å². The first kappa shape index (κ1) is 20.7. The Kier molecular flexibility index (Phi) is 6.77. The van der Waals surface area contributed by atoms with Crippen LogP contribution in [0.25, 0.3) is 0 Å². The third kappa shape index (κ3) is 6.25. The molecule has 1 N–H and O–H groups in total. The molecule has 0 saturated carbocycles. The second-order valence-corrected chi connectivity index (χ2v) is 7.10. The highest BCUT2D eigenvalue weighted by atomic mass is 32.2. The molecule has 0 atom stereocenters. The van der Waals surface area contributed by atoms with Crippen molar-refractivity contribution in [1.29, 1.82) is 0 Å². The Labute approximate surface area is 170 Å². The van der Waals surface area contributed by atoms with Gasteiger partial charge in [0.05, 0.1) is 5.56 Å². The van der Waals surface area contributed by atoms with E-state index in [0.29, 0.717) is 24.1 Å². The van der Waals surface area contributed by atoms with Gasteiger partial charge in [-0.05, 0) is 42.5 Å². The highest BCUT2D eigenvalue weighted by Crippen LogP contribution is 2.30. The summed E-state index contributed by atoms with van der Waals surface area (Å²) >= 11 is 1.65. The standard InChI is InChI=1S/C21H17F3N2O2S/c22-21(23,24)16-8-11-19(26-14-16)28-17-9-6-15(7-10-17)20(27)25-12-13-29-18-4-2-1-3-5-18/h1-11,14H,12-13H2,(H,25,27). The molecule has 0 saturated heterocycles. The molecule has 1 aromatic heterocycles. The summed E-state index contributed by atoms with van der Waals surface area (Å²) < 4.78 is 43.0. The molecule has 29 heavy (non-hydrogen) atoms. The Morgan fingerprint density at radius 1 is 1.00 bits per heavy atom. The molecule has 0 unspecified atom stereocenters. The number of benzene rings is 2. The molecule has 1 heterocycles. The van der Waals surface area contributed by atoms with Crippen LogP contribution >= 0.6 is 11.8 Å². The van der Waals surface area contributed by atoms with Gasteiger partial charge in [-0.25, -0.2) is 4.98 Å². The number of alkyl halides is 3. The summed E-state index contributed by atoms with van der Waals surface area (Å²) in [5.74, 6) is 0.940. The van der Waals surface area contributed by atoms with E-state index in [1.165, 1.54) is 0 Å². The summed E-state index contributed by atoms with van der Waals surface area (Å²) in [6.07, 6.45) is -3.73. The maximum atomic E-state index is 12.5. The topological polar surface area (TPSA) is 51.2 Å². The van der Waals surface area contributed by atoms with Gasteiger partial charge < -0.3 is 10.1 Å². The number of thioether (sulfide) groups is 1. The first-order chi connectivity index (χ1) is 13.9. The minimum absolute atomic E-state index is 0.0353. The predicted molar refractivity (Wildman–Crippen MR) is 105 cm³/mol. The van der Waals surface area contributed by atoms with Crippen molar-refractivity contribution < 1.29 is 22.7 Å². The molecule has 0 bridgehead atoms. The van der Waals surface area contributed by atoms with Gasteiger partial charge >= 0.3 is 6.18 Å². The summed E-state index contributed by atoms with van der Waals surface area (Å²) in [6, 6.07) is 18.2. The van der Waals surface area contributed by atoms with Crippen molar-refractivity contribution in [3.63, 3.8) is 0 Å². The average Bonchev–Trinajstić information content (AvgIpc) is 2.72. The zero-order valence-electron chi connectivity index (χ0n) is 15.1. The number of amides is 1. The number of nitrogens with zero attached hydrogens (tertiary/aromatic N) is 1. The van der Waals surface area contributed by atoms with E-state index in [9.17, 15) is 18.0 Å². The Morgan fingerprint density at radius 3 is 2.34 bits per heavy atom. The van der Waals surface area contributed by atoms with Crippen molar-refractivity contribution in [2.45, 2.75) is 11.1 Å². The van der Waals surface area contributed by atoms with E-state index < -0.39 is 11.7 Å². The number of ether oxygens (including phenoxy) is 1. The van der Waals surface area contributed by atoms with Crippen LogP contribution in [0.3, 0.4) is 0 Å². The van der Waals surface area contributed by atoms with Gasteiger partial charge in [-0.3, -0.25) is 4.79 Å². The Balaban J connectivity index is 1.48. The van der Waals surface area contributed by atoms with Crippen molar-refractivity contribution in [2.75, 3.05) is 12.3 Å². The molecular weight excluding hydrogens is 401 g/mol. The van der Waals surface area contributed by atoms with Gasteiger partial charge in [-0.2, -0.15) is 13.2 Å². The van der Waals surface area contributed by atoms with E-state index in [4.69, 9.17) is 4.74 Å². The first-order valence-electron chi connectivity index (χ1n) is 8.69. The minimum Gasteiger partial charge on any atom is -0.439 e. The minimum atomic E-state index is -4.44. The van der Waals surface area contributed by atoms with E-state index >= 15 is 0 Å². The zero-order valence-corrected chi connectivity index (χ0v) is 16.0. The molecule has 0 radical (unpaired) electrons. The normalized spacial score (nSPS) is 11.1. The van der Waals surface area contributed by atoms with Crippen LogP contribution in [0.4, 0.5) is 13.2 Å². The smallest absolute Gasteiger partial charge is 0.417 e. The number of halogens is 3. The molecule has 3 aromatic rings. The summed E-state index contributed by atoms with van der Waals surface area (Å²) in [4.78, 5) is 17.0. The largest absolute Gasteiger partial charge is 0.439 e. The van der Waals surface area contributed by atoms with Crippen LogP contribution in [-0.2, 0) is 6.18 Å². The third-order valence-corrected chi connectivity index (χ3v) is 4.82. The molecule has 1 amide bonds. The molecule has 4 nitrogen and oxygen atoms in total. The van der Waals surface area contributed by atoms with Crippen LogP contribution in [0.15, 0.2) is 77.8 Å². The average molecular weight is 418 g/mol. The molecule has 0 aliphatic rings. The lowest BCUT2D eigenvalue weighted by molar-refractivity contribution is -0.137. The lowest BCUT2D eigenvalue weighted by atomic mass is 10.2. The maximum Gasteiger partial charge on any atom is 0.417 e. The molecule has 3 rings (SSSR count). The highest BCUT2D eigenvalue weighted by Gasteiger charge is 2.30. The fraction of sp³-hybridized carbons (Fsp3) is 0.143. The van der Waals surface area contributed by atoms with Crippen LogP contribution in [-0.4, -0.2) is 23.2 Å². The van der Waals surface area contributed by atoms with E-state index in [-0.39, 0.29) is 11.8 Å². The first-order valence-corrected chi connectivity index (χ1v) is 9.67. The molecule has 150 valence electrons. The van der Waals surface area contributed by atoms with Gasteiger partial charge in [0.2, 0.25) is 5.88 Å². The number of carbonyl (C=O) groups excluding carboxylic acids is 1. The van der Waals surface area contributed by atoms with Crippen LogP contribution in [0.2, 0.25) is 0 Å². The second-order valence-electron chi connectivity index (χ2n) is 5.93. The Hall–Kier alpha value is -3.00. The molecule has 2 aromatic carbocycles. The van der Waals surface area contributed by atoms with Crippen LogP contribution in [0, 0.1) is 0 Å². The number of hydrogen-bond donors (Lipinski definition) is 1. The fourth-order valence-corrected chi connectivity index (χ4v) is 3.15. The summed E-state index contributed by atoms with van der Waals surface area (Å²) in [7, 11) is 0. The van der Waals surface area contributed by atoms with Crippen LogP contribution in [0.1, 0.15) is 15.9 Å². The number of carbonyl (C=O) groups is 1. The number of nitrogens with one attached hydrogen (secondary N) is 1. The van der Waals surface area contributed by atoms with Crippen molar-refractivity contribution in [2.24, 2.45) is 0 Å². The van der Waals surface area contributed by atoms with Crippen LogP contribution in [0.5, 0.6) is 11.6 Å². The summed E-state index contributed by atoms with van der Waals surface area (Å²) in [6.45, 7) is 0.520. The summed E-state index contributed by atoms with van der Waals surface area (Å²) in [5, 5.41) is 2.84. The van der Waals surface area contributed by atoms with Crippen molar-refractivity contribution in [3.8, 4) is 11.6 Å². The third-order valence-electron chi connectivity index (χ3n) is 3.80. The molecular formula is C21H17F3N2O2S. The Bertz CT molecular complexity index is 931. The number of hydrogen-bond acceptors (Lipinski definition) is 4. The van der Waals surface area contributed by atoms with Gasteiger partial charge in [-0.1, -0.05) is 18.2 Å². The van der Waals surface area contributed by atoms with E-state index in [1.807, 2.05) is 30.3 Å². The van der Waals surface area contributed by atoms with E-state index in [1.54, 1.807) is 36.0 Å². The van der Waals surface area contributed by atoms with Gasteiger partial charge in [-0.15, -0.1) is 11.8 Å². The van der Waals surface area contributed by atoms with Crippen molar-refractivity contribution >= 4 is 17.7 Å². The fourth-order valence-electron chi connectivity index (χ4n) is 2.36. The van der Waals surface area contributed by atoms with Gasteiger partial charge in [0.25, 0.3) is 5.91 Å². The number of rotatable bonds is 7. The molecule has 8 heteroatoms. The van der Waals surface area contributed by atoms with Gasteiger partial charge in [0.1, 0.15) is 5.75 Å². The van der Waals surface area contributed by atoms with Crippen LogP contribution < -0.4 is 10.1 Å². The number of aromatic nitrogens is 1. The SMILES string of the molecule is O=C(NCCSc1ccccc1)c1ccc(Oc2ccc(C(F)(F)F)cn2)cc1.